The molecule has 0 spiro atoms. The van der Waals surface area contributed by atoms with E-state index in [4.69, 9.17) is 27.9 Å². The fourth-order valence-corrected chi connectivity index (χ4v) is 5.55. The van der Waals surface area contributed by atoms with Crippen LogP contribution in [-0.2, 0) is 9.53 Å². The molecule has 44 heavy (non-hydrogen) atoms. The molecule has 1 aliphatic heterocycles. The van der Waals surface area contributed by atoms with Gasteiger partial charge in [0.2, 0.25) is 0 Å². The predicted octanol–water partition coefficient (Wildman–Crippen LogP) is 8.43. The van der Waals surface area contributed by atoms with Gasteiger partial charge in [0.15, 0.2) is 0 Å². The predicted molar refractivity (Wildman–Crippen MR) is 169 cm³/mol. The zero-order chi connectivity index (χ0) is 31.4. The zero-order valence-electron chi connectivity index (χ0n) is 23.4. The molecule has 5 rings (SSSR count). The molecule has 0 bridgehead atoms. The zero-order valence-corrected chi connectivity index (χ0v) is 24.9. The number of nitro groups is 2. The summed E-state index contributed by atoms with van der Waals surface area (Å²) < 4.78 is 5.58. The Hall–Kier alpha value is -4.93. The van der Waals surface area contributed by atoms with Gasteiger partial charge in [-0.15, -0.1) is 0 Å². The highest BCUT2D eigenvalue weighted by Gasteiger charge is 2.42. The summed E-state index contributed by atoms with van der Waals surface area (Å²) in [4.78, 5) is 37.8. The van der Waals surface area contributed by atoms with E-state index in [1.54, 1.807) is 67.6 Å². The molecule has 224 valence electrons. The van der Waals surface area contributed by atoms with Crippen molar-refractivity contribution in [3.8, 4) is 0 Å². The third-order valence-corrected chi connectivity index (χ3v) is 7.78. The number of hydrogen-bond donors (Lipinski definition) is 1. The molecule has 0 aromatic heterocycles. The van der Waals surface area contributed by atoms with Gasteiger partial charge in [-0.3, -0.25) is 20.2 Å². The van der Waals surface area contributed by atoms with Crippen LogP contribution >= 0.6 is 23.2 Å². The minimum absolute atomic E-state index is 0.0585. The lowest BCUT2D eigenvalue weighted by Gasteiger charge is -2.46. The van der Waals surface area contributed by atoms with Crippen LogP contribution in [0.15, 0.2) is 108 Å². The lowest BCUT2D eigenvalue weighted by molar-refractivity contribution is -0.385. The Morgan fingerprint density at radius 3 is 1.82 bits per heavy atom. The van der Waals surface area contributed by atoms with Crippen molar-refractivity contribution in [3.05, 3.63) is 150 Å². The second-order valence-corrected chi connectivity index (χ2v) is 10.8. The Morgan fingerprint density at radius 2 is 1.32 bits per heavy atom. The molecule has 1 N–H and O–H groups in total. The number of carbonyl (C=O) groups is 1. The highest BCUT2D eigenvalue weighted by molar-refractivity contribution is 6.30. The molecule has 4 aromatic carbocycles. The average Bonchev–Trinajstić information content (AvgIpc) is 3.02. The van der Waals surface area contributed by atoms with E-state index in [0.717, 1.165) is 5.56 Å². The number of anilines is 2. The topological polar surface area (TPSA) is 128 Å². The van der Waals surface area contributed by atoms with Gasteiger partial charge < -0.3 is 15.0 Å². The monoisotopic (exact) mass is 632 g/mol. The Kier molecular flexibility index (Phi) is 9.12. The van der Waals surface area contributed by atoms with Gasteiger partial charge in [0.1, 0.15) is 0 Å². The lowest BCUT2D eigenvalue weighted by atomic mass is 9.84. The molecule has 0 amide bonds. The highest BCUT2D eigenvalue weighted by atomic mass is 35.5. The first-order chi connectivity index (χ1) is 21.2. The molecule has 10 nitrogen and oxygen atoms in total. The van der Waals surface area contributed by atoms with Crippen molar-refractivity contribution in [1.29, 1.82) is 0 Å². The van der Waals surface area contributed by atoms with Crippen molar-refractivity contribution in [2.45, 2.75) is 25.4 Å². The molecule has 2 atom stereocenters. The molecule has 0 radical (unpaired) electrons. The Morgan fingerprint density at radius 1 is 0.818 bits per heavy atom. The maximum Gasteiger partial charge on any atom is 0.338 e. The molecular weight excluding hydrogens is 607 g/mol. The number of halogens is 2. The van der Waals surface area contributed by atoms with Crippen molar-refractivity contribution in [3.63, 3.8) is 0 Å². The highest BCUT2D eigenvalue weighted by Crippen LogP contribution is 2.48. The van der Waals surface area contributed by atoms with Crippen LogP contribution in [0.1, 0.15) is 36.6 Å². The molecule has 0 fully saturated rings. The van der Waals surface area contributed by atoms with Crippen molar-refractivity contribution < 1.29 is 19.4 Å². The smallest absolute Gasteiger partial charge is 0.338 e. The van der Waals surface area contributed by atoms with Gasteiger partial charge in [-0.05, 0) is 78.7 Å². The summed E-state index contributed by atoms with van der Waals surface area (Å²) in [6.45, 7) is 1.83. The van der Waals surface area contributed by atoms with Crippen LogP contribution < -0.4 is 10.2 Å². The number of nitro benzene ring substituents is 2. The van der Waals surface area contributed by atoms with E-state index in [1.165, 1.54) is 24.3 Å². The maximum atomic E-state index is 13.8. The molecule has 12 heteroatoms. The number of hydrogen-bond acceptors (Lipinski definition) is 8. The van der Waals surface area contributed by atoms with Gasteiger partial charge >= 0.3 is 5.97 Å². The summed E-state index contributed by atoms with van der Waals surface area (Å²) in [5.41, 5.74) is 3.43. The van der Waals surface area contributed by atoms with Crippen LogP contribution in [0.4, 0.5) is 22.7 Å². The van der Waals surface area contributed by atoms with Gasteiger partial charge in [-0.2, -0.15) is 0 Å². The number of benzene rings is 4. The fourth-order valence-electron chi connectivity index (χ4n) is 5.30. The molecular formula is C32H26Cl2N4O6. The number of rotatable bonds is 9. The molecule has 1 aliphatic rings. The van der Waals surface area contributed by atoms with E-state index in [2.05, 4.69) is 5.32 Å². The number of nitrogens with one attached hydrogen (secondary N) is 1. The van der Waals surface area contributed by atoms with E-state index >= 15 is 0 Å². The Labute approximate surface area is 262 Å². The summed E-state index contributed by atoms with van der Waals surface area (Å²) in [6.07, 6.45) is 0.278. The van der Waals surface area contributed by atoms with Gasteiger partial charge in [-0.25, -0.2) is 4.79 Å². The number of carbonyl (C=O) groups excluding carboxylic acids is 1. The van der Waals surface area contributed by atoms with Crippen LogP contribution in [0.3, 0.4) is 0 Å². The molecule has 0 aliphatic carbocycles. The van der Waals surface area contributed by atoms with Crippen LogP contribution in [0.2, 0.25) is 10.0 Å². The van der Waals surface area contributed by atoms with Crippen LogP contribution in [-0.4, -0.2) is 22.4 Å². The maximum absolute atomic E-state index is 13.8. The van der Waals surface area contributed by atoms with E-state index in [-0.39, 0.29) is 24.4 Å². The third kappa shape index (κ3) is 6.51. The number of nitrogens with zero attached hydrogens (tertiary/aromatic N) is 3. The number of esters is 1. The minimum atomic E-state index is -0.792. The molecule has 4 aromatic rings. The van der Waals surface area contributed by atoms with Crippen LogP contribution in [0.5, 0.6) is 0 Å². The summed E-state index contributed by atoms with van der Waals surface area (Å²) in [5.74, 6) is -0.562. The van der Waals surface area contributed by atoms with E-state index in [9.17, 15) is 25.0 Å². The largest absolute Gasteiger partial charge is 0.463 e. The first-order valence-electron chi connectivity index (χ1n) is 13.6. The second-order valence-electron chi connectivity index (χ2n) is 9.95. The fraction of sp³-hybridized carbons (Fsp3) is 0.156. The summed E-state index contributed by atoms with van der Waals surface area (Å²) in [7, 11) is 0. The minimum Gasteiger partial charge on any atom is -0.463 e. The average molecular weight is 633 g/mol. The first kappa shape index (κ1) is 30.5. The van der Waals surface area contributed by atoms with Crippen molar-refractivity contribution in [2.75, 3.05) is 16.8 Å². The quantitative estimate of drug-likeness (QED) is 0.111. The number of non-ortho nitro benzene ring substituents is 2. The van der Waals surface area contributed by atoms with E-state index in [0.29, 0.717) is 38.3 Å². The van der Waals surface area contributed by atoms with Crippen molar-refractivity contribution in [2.24, 2.45) is 0 Å². The normalized spacial score (nSPS) is 16.4. The van der Waals surface area contributed by atoms with Gasteiger partial charge in [0, 0.05) is 57.8 Å². The first-order valence-corrected chi connectivity index (χ1v) is 14.4. The van der Waals surface area contributed by atoms with Gasteiger partial charge in [0.25, 0.3) is 11.4 Å². The van der Waals surface area contributed by atoms with Crippen molar-refractivity contribution >= 4 is 51.9 Å². The van der Waals surface area contributed by atoms with Crippen molar-refractivity contribution in [1.82, 2.24) is 0 Å². The standard InChI is InChI=1S/C32H26Cl2N4O6/c1-2-44-32(39)30-28(35-24-11-7-22(33)8-12-24)19-29(20-3-13-26(14-4-20)37(40)41)36(25-17-9-23(34)10-18-25)31(30)21-5-15-27(16-6-21)38(42)43/h3-18,29,31,35H,2,19H2,1H3. The third-order valence-electron chi connectivity index (χ3n) is 7.28. The number of ether oxygens (including phenoxy) is 1. The summed E-state index contributed by atoms with van der Waals surface area (Å²) >= 11 is 12.4. The Balaban J connectivity index is 1.78. The second kappa shape index (κ2) is 13.2. The van der Waals surface area contributed by atoms with Crippen LogP contribution in [0, 0.1) is 20.2 Å². The molecule has 0 saturated heterocycles. The van der Waals surface area contributed by atoms with Gasteiger partial charge in [0.05, 0.1) is 34.1 Å². The van der Waals surface area contributed by atoms with E-state index < -0.39 is 27.9 Å². The van der Waals surface area contributed by atoms with Crippen LogP contribution in [0.25, 0.3) is 0 Å². The molecule has 1 heterocycles. The summed E-state index contributed by atoms with van der Waals surface area (Å²) in [6, 6.07) is 25.1. The Bertz CT molecular complexity index is 1710. The SMILES string of the molecule is CCOC(=O)C1=C(Nc2ccc(Cl)cc2)CC(c2ccc([N+](=O)[O-])cc2)N(c2ccc(Cl)cc2)C1c1ccc([N+](=O)[O-])cc1. The molecule has 0 saturated carbocycles. The van der Waals surface area contributed by atoms with E-state index in [1.807, 2.05) is 17.0 Å². The lowest BCUT2D eigenvalue weighted by Crippen LogP contribution is -2.41. The van der Waals surface area contributed by atoms with Gasteiger partial charge in [-0.1, -0.05) is 35.3 Å². The summed E-state index contributed by atoms with van der Waals surface area (Å²) in [5, 5.41) is 27.4. The molecule has 2 unspecified atom stereocenters.